The number of hydrogen-bond acceptors (Lipinski definition) is 6. The van der Waals surface area contributed by atoms with Crippen molar-refractivity contribution in [2.75, 3.05) is 49.5 Å². The van der Waals surface area contributed by atoms with E-state index in [1.165, 1.54) is 32.3 Å². The molecular formula is C24H33F3N8O. The summed E-state index contributed by atoms with van der Waals surface area (Å²) in [4.78, 5) is 31.0. The van der Waals surface area contributed by atoms with Gasteiger partial charge in [-0.1, -0.05) is 6.92 Å². The number of aryl methyl sites for hydroxylation is 1. The molecule has 0 spiro atoms. The molecule has 12 heteroatoms. The van der Waals surface area contributed by atoms with Gasteiger partial charge in [0.2, 0.25) is 0 Å². The van der Waals surface area contributed by atoms with E-state index >= 15 is 0 Å². The van der Waals surface area contributed by atoms with Crippen molar-refractivity contribution < 1.29 is 18.0 Å². The van der Waals surface area contributed by atoms with Crippen LogP contribution in [0.1, 0.15) is 55.6 Å². The van der Waals surface area contributed by atoms with Crippen LogP contribution >= 0.6 is 0 Å². The lowest BCUT2D eigenvalue weighted by atomic mass is 9.95. The van der Waals surface area contributed by atoms with Gasteiger partial charge in [-0.3, -0.25) is 5.32 Å². The Bertz CT molecular complexity index is 1070. The molecule has 3 aliphatic heterocycles. The minimum Gasteiger partial charge on any atom is -0.356 e. The van der Waals surface area contributed by atoms with Gasteiger partial charge in [0.15, 0.2) is 0 Å². The minimum absolute atomic E-state index is 0.169. The van der Waals surface area contributed by atoms with Crippen LogP contribution in [0.2, 0.25) is 0 Å². The molecule has 5 rings (SSSR count). The second kappa shape index (κ2) is 10.2. The molecule has 0 bridgehead atoms. The van der Waals surface area contributed by atoms with Crippen LogP contribution in [0.5, 0.6) is 0 Å². The monoisotopic (exact) mass is 506 g/mol. The summed E-state index contributed by atoms with van der Waals surface area (Å²) in [5, 5.41) is 2.49. The van der Waals surface area contributed by atoms with Gasteiger partial charge >= 0.3 is 12.2 Å². The van der Waals surface area contributed by atoms with E-state index in [1.807, 2.05) is 0 Å². The Morgan fingerprint density at radius 3 is 2.53 bits per heavy atom. The van der Waals surface area contributed by atoms with Crippen LogP contribution in [0.4, 0.5) is 29.6 Å². The second-order valence-corrected chi connectivity index (χ2v) is 9.87. The van der Waals surface area contributed by atoms with Gasteiger partial charge < -0.3 is 19.3 Å². The van der Waals surface area contributed by atoms with E-state index in [2.05, 4.69) is 42.8 Å². The summed E-state index contributed by atoms with van der Waals surface area (Å²) in [6.07, 6.45) is 4.28. The van der Waals surface area contributed by atoms with Crippen LogP contribution in [-0.2, 0) is 19.5 Å². The van der Waals surface area contributed by atoms with Gasteiger partial charge in [0.25, 0.3) is 0 Å². The van der Waals surface area contributed by atoms with Crippen LogP contribution in [0.3, 0.4) is 0 Å². The van der Waals surface area contributed by atoms with Gasteiger partial charge in [-0.15, -0.1) is 0 Å². The Morgan fingerprint density at radius 2 is 1.83 bits per heavy atom. The van der Waals surface area contributed by atoms with E-state index in [1.54, 1.807) is 0 Å². The Hall–Kier alpha value is -2.89. The zero-order valence-electron chi connectivity index (χ0n) is 20.6. The average molecular weight is 507 g/mol. The van der Waals surface area contributed by atoms with E-state index in [4.69, 9.17) is 4.98 Å². The summed E-state index contributed by atoms with van der Waals surface area (Å²) in [6.45, 7) is 6.39. The highest BCUT2D eigenvalue weighted by atomic mass is 19.4. The van der Waals surface area contributed by atoms with Gasteiger partial charge in [0, 0.05) is 38.3 Å². The first-order valence-corrected chi connectivity index (χ1v) is 12.8. The summed E-state index contributed by atoms with van der Waals surface area (Å²) in [5.74, 6) is 2.34. The maximum atomic E-state index is 13.0. The van der Waals surface area contributed by atoms with E-state index in [0.29, 0.717) is 30.4 Å². The number of nitrogens with one attached hydrogen (secondary N) is 1. The number of aromatic nitrogens is 4. The molecule has 2 saturated heterocycles. The van der Waals surface area contributed by atoms with Crippen molar-refractivity contribution in [3.05, 3.63) is 29.6 Å². The molecule has 0 aliphatic carbocycles. The zero-order valence-corrected chi connectivity index (χ0v) is 20.6. The molecule has 196 valence electrons. The topological polar surface area (TPSA) is 82.4 Å². The van der Waals surface area contributed by atoms with Crippen molar-refractivity contribution in [3.63, 3.8) is 0 Å². The van der Waals surface area contributed by atoms with Crippen molar-refractivity contribution in [2.45, 2.75) is 64.2 Å². The first kappa shape index (κ1) is 24.8. The SMILES string of the molecule is CCc1cn(CCN2CCCC2)c(C2CCN(c3ncnc4c3CN(CC(F)(F)F)C(=O)N4)CC2)n1. The Kier molecular flexibility index (Phi) is 7.05. The molecule has 0 saturated carbocycles. The summed E-state index contributed by atoms with van der Waals surface area (Å²) >= 11 is 0. The van der Waals surface area contributed by atoms with Crippen LogP contribution in [0.15, 0.2) is 12.5 Å². The second-order valence-electron chi connectivity index (χ2n) is 9.87. The van der Waals surface area contributed by atoms with Crippen LogP contribution in [0, 0.1) is 0 Å². The van der Waals surface area contributed by atoms with Crippen LogP contribution < -0.4 is 10.2 Å². The Morgan fingerprint density at radius 1 is 1.08 bits per heavy atom. The zero-order chi connectivity index (χ0) is 25.3. The van der Waals surface area contributed by atoms with Gasteiger partial charge in [-0.05, 0) is 45.2 Å². The van der Waals surface area contributed by atoms with E-state index in [0.717, 1.165) is 48.8 Å². The number of alkyl halides is 3. The number of urea groups is 1. The highest BCUT2D eigenvalue weighted by molar-refractivity contribution is 5.92. The predicted molar refractivity (Wildman–Crippen MR) is 129 cm³/mol. The van der Waals surface area contributed by atoms with E-state index < -0.39 is 18.8 Å². The van der Waals surface area contributed by atoms with Gasteiger partial charge in [0.05, 0.1) is 17.8 Å². The number of nitrogens with zero attached hydrogens (tertiary/aromatic N) is 7. The molecule has 9 nitrogen and oxygen atoms in total. The number of fused-ring (bicyclic) bond motifs is 1. The summed E-state index contributed by atoms with van der Waals surface area (Å²) in [6, 6.07) is -0.796. The largest absolute Gasteiger partial charge is 0.406 e. The van der Waals surface area contributed by atoms with E-state index in [-0.39, 0.29) is 12.4 Å². The number of amides is 2. The van der Waals surface area contributed by atoms with E-state index in [9.17, 15) is 18.0 Å². The normalized spacial score (nSPS) is 19.6. The number of carbonyl (C=O) groups excluding carboxylic acids is 1. The molecule has 0 atom stereocenters. The number of likely N-dealkylation sites (tertiary alicyclic amines) is 1. The molecule has 1 N–H and O–H groups in total. The lowest BCUT2D eigenvalue weighted by Gasteiger charge is -2.36. The first-order chi connectivity index (χ1) is 17.3. The number of carbonyl (C=O) groups is 1. The number of imidazole rings is 1. The lowest BCUT2D eigenvalue weighted by Crippen LogP contribution is -2.45. The summed E-state index contributed by atoms with van der Waals surface area (Å²) in [7, 11) is 0. The standard InChI is InChI=1S/C24H33F3N8O/c1-2-18-13-34(12-11-32-7-3-4-8-32)21(30-18)17-5-9-33(10-6-17)22-19-14-35(15-24(25,26)27)23(36)31-20(19)28-16-29-22/h13,16-17H,2-12,14-15H2,1H3,(H,28,29,31,36). The van der Waals surface area contributed by atoms with Crippen molar-refractivity contribution in [2.24, 2.45) is 0 Å². The molecule has 2 amide bonds. The highest BCUT2D eigenvalue weighted by Crippen LogP contribution is 2.35. The fourth-order valence-corrected chi connectivity index (χ4v) is 5.48. The number of hydrogen-bond donors (Lipinski definition) is 1. The number of anilines is 2. The highest BCUT2D eigenvalue weighted by Gasteiger charge is 2.37. The molecule has 0 aromatic carbocycles. The molecule has 5 heterocycles. The fourth-order valence-electron chi connectivity index (χ4n) is 5.48. The molecule has 36 heavy (non-hydrogen) atoms. The molecule has 0 radical (unpaired) electrons. The number of halogens is 3. The summed E-state index contributed by atoms with van der Waals surface area (Å²) < 4.78 is 41.3. The Balaban J connectivity index is 1.28. The van der Waals surface area contributed by atoms with Gasteiger partial charge in [-0.2, -0.15) is 13.2 Å². The maximum absolute atomic E-state index is 13.0. The van der Waals surface area contributed by atoms with Crippen molar-refractivity contribution in [1.29, 1.82) is 0 Å². The maximum Gasteiger partial charge on any atom is 0.406 e. The first-order valence-electron chi connectivity index (χ1n) is 12.8. The predicted octanol–water partition coefficient (Wildman–Crippen LogP) is 3.63. The molecular weight excluding hydrogens is 473 g/mol. The molecule has 2 fully saturated rings. The fraction of sp³-hybridized carbons (Fsp3) is 0.667. The third-order valence-corrected chi connectivity index (χ3v) is 7.39. The molecule has 2 aromatic rings. The smallest absolute Gasteiger partial charge is 0.356 e. The number of piperidine rings is 1. The molecule has 2 aromatic heterocycles. The lowest BCUT2D eigenvalue weighted by molar-refractivity contribution is -0.140. The van der Waals surface area contributed by atoms with Crippen LogP contribution in [-0.4, -0.2) is 80.8 Å². The quantitative estimate of drug-likeness (QED) is 0.618. The third kappa shape index (κ3) is 5.42. The van der Waals surface area contributed by atoms with Gasteiger partial charge in [0.1, 0.15) is 30.3 Å². The van der Waals surface area contributed by atoms with Crippen molar-refractivity contribution in [3.8, 4) is 0 Å². The third-order valence-electron chi connectivity index (χ3n) is 7.39. The average Bonchev–Trinajstić information content (AvgIpc) is 3.52. The van der Waals surface area contributed by atoms with Crippen LogP contribution in [0.25, 0.3) is 0 Å². The van der Waals surface area contributed by atoms with Gasteiger partial charge in [-0.25, -0.2) is 19.7 Å². The number of rotatable bonds is 7. The Labute approximate surface area is 208 Å². The minimum atomic E-state index is -4.48. The van der Waals surface area contributed by atoms with Crippen molar-refractivity contribution >= 4 is 17.7 Å². The molecule has 3 aliphatic rings. The molecule has 0 unspecified atom stereocenters. The van der Waals surface area contributed by atoms with Crippen molar-refractivity contribution in [1.82, 2.24) is 29.3 Å². The summed E-state index contributed by atoms with van der Waals surface area (Å²) in [5.41, 5.74) is 1.64.